The SMILES string of the molecule is CCN(CC)CCN(CCNCCc1ccc(O)c2[nH]c(=O)sc12)C(=O)CCOCCc1cccc(Cl)c1.Cl. The maximum atomic E-state index is 13.0. The molecule has 3 aromatic rings. The van der Waals surface area contributed by atoms with Gasteiger partial charge in [-0.25, -0.2) is 0 Å². The molecule has 0 fully saturated rings. The fraction of sp³-hybridized carbons (Fsp3) is 0.500. The van der Waals surface area contributed by atoms with Gasteiger partial charge in [0.2, 0.25) is 5.91 Å². The Hall–Kier alpha value is -2.14. The maximum Gasteiger partial charge on any atom is 0.305 e. The lowest BCUT2D eigenvalue weighted by atomic mass is 10.1. The number of hydrogen-bond donors (Lipinski definition) is 3. The number of fused-ring (bicyclic) bond motifs is 1. The van der Waals surface area contributed by atoms with Gasteiger partial charge in [-0.2, -0.15) is 0 Å². The first-order valence-electron chi connectivity index (χ1n) is 13.3. The molecule has 0 aliphatic heterocycles. The minimum Gasteiger partial charge on any atom is -0.506 e. The summed E-state index contributed by atoms with van der Waals surface area (Å²) in [5.41, 5.74) is 2.63. The summed E-state index contributed by atoms with van der Waals surface area (Å²) in [5.74, 6) is 0.185. The topological polar surface area (TPSA) is 97.9 Å². The minimum atomic E-state index is -0.175. The van der Waals surface area contributed by atoms with Gasteiger partial charge in [0, 0.05) is 31.2 Å². The van der Waals surface area contributed by atoms with Crippen molar-refractivity contribution in [1.82, 2.24) is 20.1 Å². The van der Waals surface area contributed by atoms with Crippen molar-refractivity contribution in [3.63, 3.8) is 0 Å². The predicted molar refractivity (Wildman–Crippen MR) is 163 cm³/mol. The Balaban J connectivity index is 0.00000533. The molecule has 3 rings (SSSR count). The number of likely N-dealkylation sites (N-methyl/N-ethyl adjacent to an activating group) is 1. The summed E-state index contributed by atoms with van der Waals surface area (Å²) in [6, 6.07) is 11.2. The van der Waals surface area contributed by atoms with Crippen LogP contribution in [0.2, 0.25) is 5.02 Å². The number of rotatable bonds is 17. The van der Waals surface area contributed by atoms with E-state index in [0.29, 0.717) is 56.4 Å². The van der Waals surface area contributed by atoms with Gasteiger partial charge < -0.3 is 29.9 Å². The second kappa shape index (κ2) is 17.5. The number of phenols is 1. The summed E-state index contributed by atoms with van der Waals surface area (Å²) in [6.07, 6.45) is 1.83. The van der Waals surface area contributed by atoms with Gasteiger partial charge in [0.25, 0.3) is 0 Å². The number of phenolic OH excluding ortho intramolecular Hbond substituents is 1. The zero-order chi connectivity index (χ0) is 27.3. The van der Waals surface area contributed by atoms with Crippen molar-refractivity contribution < 1.29 is 14.6 Å². The highest BCUT2D eigenvalue weighted by Crippen LogP contribution is 2.27. The molecule has 39 heavy (non-hydrogen) atoms. The Morgan fingerprint density at radius 2 is 1.87 bits per heavy atom. The van der Waals surface area contributed by atoms with Crippen LogP contribution < -0.4 is 10.2 Å². The van der Waals surface area contributed by atoms with E-state index in [1.807, 2.05) is 35.2 Å². The number of nitrogens with zero attached hydrogens (tertiary/aromatic N) is 2. The number of H-pyrrole nitrogens is 1. The Morgan fingerprint density at radius 3 is 2.62 bits per heavy atom. The molecule has 0 aliphatic carbocycles. The molecule has 0 atom stereocenters. The molecule has 1 heterocycles. The second-order valence-electron chi connectivity index (χ2n) is 9.11. The number of aromatic amines is 1. The van der Waals surface area contributed by atoms with Gasteiger partial charge in [0.15, 0.2) is 0 Å². The number of benzene rings is 2. The summed E-state index contributed by atoms with van der Waals surface area (Å²) in [4.78, 5) is 31.5. The molecule has 3 N–H and O–H groups in total. The molecule has 0 aliphatic rings. The number of aromatic nitrogens is 1. The van der Waals surface area contributed by atoms with Crippen molar-refractivity contribution in [2.24, 2.45) is 0 Å². The van der Waals surface area contributed by atoms with Crippen LogP contribution in [-0.2, 0) is 22.4 Å². The summed E-state index contributed by atoms with van der Waals surface area (Å²) in [7, 11) is 0. The Bertz CT molecular complexity index is 1220. The number of amides is 1. The van der Waals surface area contributed by atoms with Crippen molar-refractivity contribution in [2.75, 3.05) is 59.0 Å². The zero-order valence-electron chi connectivity index (χ0n) is 22.7. The lowest BCUT2D eigenvalue weighted by Gasteiger charge is -2.27. The van der Waals surface area contributed by atoms with Gasteiger partial charge in [0.05, 0.1) is 24.3 Å². The number of carbonyl (C=O) groups is 1. The molecule has 0 saturated carbocycles. The highest BCUT2D eigenvalue weighted by molar-refractivity contribution is 7.16. The summed E-state index contributed by atoms with van der Waals surface area (Å²) in [5, 5.41) is 14.1. The van der Waals surface area contributed by atoms with E-state index in [2.05, 4.69) is 29.0 Å². The van der Waals surface area contributed by atoms with Crippen LogP contribution in [0.25, 0.3) is 10.2 Å². The van der Waals surface area contributed by atoms with Crippen LogP contribution in [0.3, 0.4) is 0 Å². The molecule has 0 bridgehead atoms. The molecule has 2 aromatic carbocycles. The van der Waals surface area contributed by atoms with E-state index in [9.17, 15) is 14.7 Å². The standard InChI is InChI=1S/C28H39ClN4O4S.ClH/c1-3-32(4-2)16-17-33(25(35)12-19-37-18-11-21-6-5-7-23(29)20-21)15-14-30-13-10-22-8-9-24(34)26-27(22)38-28(36)31-26;/h5-9,20,30,34H,3-4,10-19H2,1-2H3,(H,31,36);1H. The smallest absolute Gasteiger partial charge is 0.305 e. The highest BCUT2D eigenvalue weighted by Gasteiger charge is 2.15. The molecule has 0 spiro atoms. The lowest BCUT2D eigenvalue weighted by Crippen LogP contribution is -2.42. The number of thiazole rings is 1. The molecule has 1 amide bonds. The third kappa shape index (κ3) is 10.7. The third-order valence-electron chi connectivity index (χ3n) is 6.59. The molecule has 1 aromatic heterocycles. The first kappa shape index (κ1) is 33.1. The van der Waals surface area contributed by atoms with Crippen molar-refractivity contribution in [3.05, 3.63) is 62.2 Å². The number of nitrogens with one attached hydrogen (secondary N) is 2. The van der Waals surface area contributed by atoms with Crippen LogP contribution >= 0.6 is 35.3 Å². The van der Waals surface area contributed by atoms with Crippen molar-refractivity contribution in [1.29, 1.82) is 0 Å². The first-order chi connectivity index (χ1) is 18.4. The van der Waals surface area contributed by atoms with E-state index in [1.165, 1.54) is 0 Å². The molecule has 0 radical (unpaired) electrons. The van der Waals surface area contributed by atoms with Crippen LogP contribution in [-0.4, -0.2) is 84.8 Å². The fourth-order valence-electron chi connectivity index (χ4n) is 4.30. The zero-order valence-corrected chi connectivity index (χ0v) is 25.1. The quantitative estimate of drug-likeness (QED) is 0.200. The monoisotopic (exact) mass is 598 g/mol. The van der Waals surface area contributed by atoms with E-state index in [4.69, 9.17) is 16.3 Å². The van der Waals surface area contributed by atoms with Crippen LogP contribution in [0.5, 0.6) is 5.75 Å². The number of carbonyl (C=O) groups excluding carboxylic acids is 1. The molecule has 8 nitrogen and oxygen atoms in total. The Morgan fingerprint density at radius 1 is 1.08 bits per heavy atom. The lowest BCUT2D eigenvalue weighted by molar-refractivity contribution is -0.132. The van der Waals surface area contributed by atoms with Crippen LogP contribution in [0.4, 0.5) is 0 Å². The van der Waals surface area contributed by atoms with Gasteiger partial charge in [-0.15, -0.1) is 12.4 Å². The largest absolute Gasteiger partial charge is 0.506 e. The van der Waals surface area contributed by atoms with E-state index >= 15 is 0 Å². The van der Waals surface area contributed by atoms with Crippen LogP contribution in [0.1, 0.15) is 31.4 Å². The first-order valence-corrected chi connectivity index (χ1v) is 14.5. The molecule has 11 heteroatoms. The van der Waals surface area contributed by atoms with Crippen LogP contribution in [0, 0.1) is 0 Å². The van der Waals surface area contributed by atoms with E-state index < -0.39 is 0 Å². The van der Waals surface area contributed by atoms with Crippen LogP contribution in [0.15, 0.2) is 41.2 Å². The van der Waals surface area contributed by atoms with Crippen molar-refractivity contribution in [2.45, 2.75) is 33.1 Å². The molecular weight excluding hydrogens is 559 g/mol. The number of aromatic hydroxyl groups is 1. The van der Waals surface area contributed by atoms with Gasteiger partial charge in [-0.05, 0) is 61.8 Å². The van der Waals surface area contributed by atoms with E-state index in [0.717, 1.165) is 59.6 Å². The van der Waals surface area contributed by atoms with Crippen molar-refractivity contribution >= 4 is 51.5 Å². The van der Waals surface area contributed by atoms with E-state index in [-0.39, 0.29) is 28.9 Å². The molecule has 0 unspecified atom stereocenters. The van der Waals surface area contributed by atoms with Gasteiger partial charge >= 0.3 is 4.87 Å². The number of ether oxygens (including phenoxy) is 1. The third-order valence-corrected chi connectivity index (χ3v) is 7.78. The molecular formula is C28H40Cl2N4O4S. The average molecular weight is 600 g/mol. The summed E-state index contributed by atoms with van der Waals surface area (Å²) >= 11 is 7.15. The Kier molecular flexibility index (Phi) is 14.9. The molecule has 216 valence electrons. The number of hydrogen-bond acceptors (Lipinski definition) is 7. The second-order valence-corrected chi connectivity index (χ2v) is 10.5. The predicted octanol–water partition coefficient (Wildman–Crippen LogP) is 4.32. The van der Waals surface area contributed by atoms with Crippen molar-refractivity contribution in [3.8, 4) is 5.75 Å². The summed E-state index contributed by atoms with van der Waals surface area (Å²) in [6.45, 7) is 10.6. The minimum absolute atomic E-state index is 0. The fourth-order valence-corrected chi connectivity index (χ4v) is 5.41. The Labute approximate surface area is 245 Å². The molecule has 0 saturated heterocycles. The average Bonchev–Trinajstić information content (AvgIpc) is 3.31. The van der Waals surface area contributed by atoms with Gasteiger partial charge in [-0.1, -0.05) is 55.0 Å². The van der Waals surface area contributed by atoms with E-state index in [1.54, 1.807) is 6.07 Å². The number of halogens is 2. The maximum absolute atomic E-state index is 13.0. The normalized spacial score (nSPS) is 11.2. The highest BCUT2D eigenvalue weighted by atomic mass is 35.5. The van der Waals surface area contributed by atoms with Gasteiger partial charge in [-0.3, -0.25) is 9.59 Å². The van der Waals surface area contributed by atoms with Gasteiger partial charge in [0.1, 0.15) is 11.3 Å². The summed E-state index contributed by atoms with van der Waals surface area (Å²) < 4.78 is 6.54.